The molecule has 1 spiro atoms. The molecule has 0 aliphatic carbocycles. The number of ether oxygens (including phenoxy) is 2. The molecule has 382 valence electrons. The number of hydrogen-bond acceptors (Lipinski definition) is 10. The molecule has 5 aliphatic heterocycles. The van der Waals surface area contributed by atoms with E-state index in [2.05, 4.69) is 142 Å². The fourth-order valence-corrected chi connectivity index (χ4v) is 12.5. The summed E-state index contributed by atoms with van der Waals surface area (Å²) >= 11 is 0. The monoisotopic (exact) mass is 953 g/mol. The van der Waals surface area contributed by atoms with Gasteiger partial charge in [0.1, 0.15) is 6.04 Å². The Balaban J connectivity index is 1.06. The van der Waals surface area contributed by atoms with Gasteiger partial charge in [0.05, 0.1) is 54.6 Å². The summed E-state index contributed by atoms with van der Waals surface area (Å²) in [6.45, 7) is 27.0. The maximum atomic E-state index is 14.7. The molecule has 5 heterocycles. The number of likely N-dealkylation sites (tertiary alicyclic amines) is 3. The van der Waals surface area contributed by atoms with E-state index in [1.807, 2.05) is 34.7 Å². The van der Waals surface area contributed by atoms with Crippen LogP contribution in [0, 0.1) is 22.7 Å². The maximum Gasteiger partial charge on any atom is 0.245 e. The summed E-state index contributed by atoms with van der Waals surface area (Å²) in [5, 5.41) is 12.6. The number of fused-ring (bicyclic) bond motifs is 1. The highest BCUT2D eigenvalue weighted by Crippen LogP contribution is 2.59. The normalized spacial score (nSPS) is 30.0. The molecule has 5 aliphatic rings. The van der Waals surface area contributed by atoms with Crippen molar-refractivity contribution in [3.05, 3.63) is 83.6 Å². The number of rotatable bonds is 21. The Hall–Kier alpha value is -3.85. The summed E-state index contributed by atoms with van der Waals surface area (Å²) in [6, 6.07) is 20.1. The second-order valence-electron chi connectivity index (χ2n) is 22.8. The van der Waals surface area contributed by atoms with Crippen LogP contribution >= 0.6 is 0 Å². The first-order valence-electron chi connectivity index (χ1n) is 26.4. The first-order chi connectivity index (χ1) is 32.9. The van der Waals surface area contributed by atoms with E-state index in [0.717, 1.165) is 84.3 Å². The Labute approximate surface area is 415 Å². The van der Waals surface area contributed by atoms with Gasteiger partial charge in [-0.05, 0) is 113 Å². The Morgan fingerprint density at radius 1 is 0.667 bits per heavy atom. The lowest BCUT2D eigenvalue weighted by Gasteiger charge is -2.57. The van der Waals surface area contributed by atoms with Crippen LogP contribution in [0.25, 0.3) is 0 Å². The van der Waals surface area contributed by atoms with Gasteiger partial charge in [-0.1, -0.05) is 102 Å². The van der Waals surface area contributed by atoms with Crippen LogP contribution in [0.15, 0.2) is 72.4 Å². The van der Waals surface area contributed by atoms with Gasteiger partial charge in [-0.25, -0.2) is 0 Å². The fourth-order valence-electron chi connectivity index (χ4n) is 12.5. The molecule has 2 aromatic carbocycles. The smallest absolute Gasteiger partial charge is 0.245 e. The highest BCUT2D eigenvalue weighted by atomic mass is 16.5. The van der Waals surface area contributed by atoms with Crippen LogP contribution < -0.4 is 21.3 Å². The van der Waals surface area contributed by atoms with Crippen LogP contribution in [-0.2, 0) is 36.7 Å². The molecule has 69 heavy (non-hydrogen) atoms. The second kappa shape index (κ2) is 22.3. The predicted octanol–water partition coefficient (Wildman–Crippen LogP) is 5.50. The van der Waals surface area contributed by atoms with Crippen molar-refractivity contribution in [2.75, 3.05) is 79.7 Å². The van der Waals surface area contributed by atoms with E-state index in [1.165, 1.54) is 16.8 Å². The van der Waals surface area contributed by atoms with Gasteiger partial charge in [-0.15, -0.1) is 0 Å². The minimum atomic E-state index is -0.611. The first kappa shape index (κ1) is 53.0. The van der Waals surface area contributed by atoms with Gasteiger partial charge in [0.25, 0.3) is 0 Å². The van der Waals surface area contributed by atoms with Gasteiger partial charge in [0, 0.05) is 58.1 Å². The molecule has 10 atom stereocenters. The zero-order chi connectivity index (χ0) is 49.7. The molecule has 13 nitrogen and oxygen atoms in total. The molecule has 4 N–H and O–H groups in total. The van der Waals surface area contributed by atoms with Crippen molar-refractivity contribution < 1.29 is 23.9 Å². The minimum Gasteiger partial charge on any atom is -0.374 e. The van der Waals surface area contributed by atoms with Crippen LogP contribution in [0.1, 0.15) is 99.1 Å². The van der Waals surface area contributed by atoms with E-state index in [1.54, 1.807) is 7.05 Å². The standard InChI is InChI=1S/C56H88N8O5/c1-39(2)48(59-50(65)41(5)57-10)47-34-56-38-62(27-23-44-20-16-13-17-21-44)36-46(33-54(56,8)25-28-63(47)56)69-31-30-68-45-32-53(7)24-29-64(52(67)49(40(3)4)60-51(66)42(6)58-11)55(53,9)37-61(35-45)26-22-43-18-14-12-15-19-43/h12-21,34,39-42,45-46,48-49,57-58H,22-33,35-38H2,1-11H3,(H,59,65)(H,60,66)/t41-,42-,45+,46+,48?,49?,53-,54-,55+,56+/m0/s1. The molecule has 0 radical (unpaired) electrons. The molecule has 4 fully saturated rings. The molecule has 2 aromatic rings. The Morgan fingerprint density at radius 3 is 1.70 bits per heavy atom. The second-order valence-corrected chi connectivity index (χ2v) is 22.8. The molecule has 0 saturated carbocycles. The number of nitrogens with zero attached hydrogens (tertiary/aromatic N) is 4. The molecule has 4 saturated heterocycles. The molecule has 2 unspecified atom stereocenters. The Bertz CT molecular complexity index is 2070. The van der Waals surface area contributed by atoms with Crippen molar-refractivity contribution in [3.8, 4) is 0 Å². The van der Waals surface area contributed by atoms with Crippen molar-refractivity contribution >= 4 is 17.7 Å². The Kier molecular flexibility index (Phi) is 17.1. The SMILES string of the molecule is CN[C@@H](C)C(=O)NC(C(=O)N1CC[C@@]2(C)C[C@@H](OCCO[C@H]3CN(CCc4ccccc4)C[C@@]45C=C(C(NC(=O)[C@H](C)NC)C(C)C)N4CC[C@@]5(C)C3)CN(CCc3ccccc3)C[C@@]12C)C(C)C. The van der Waals surface area contributed by atoms with E-state index in [9.17, 15) is 14.4 Å². The van der Waals surface area contributed by atoms with Crippen molar-refractivity contribution in [2.45, 2.75) is 148 Å². The number of likely N-dealkylation sites (N-methyl/N-ethyl adjacent to an activating group) is 2. The van der Waals surface area contributed by atoms with Gasteiger partial charge in [-0.2, -0.15) is 0 Å². The lowest BCUT2D eigenvalue weighted by Crippen LogP contribution is -2.66. The molecule has 13 heteroatoms. The van der Waals surface area contributed by atoms with Crippen molar-refractivity contribution in [1.82, 2.24) is 40.9 Å². The van der Waals surface area contributed by atoms with Crippen LogP contribution in [0.2, 0.25) is 0 Å². The summed E-state index contributed by atoms with van der Waals surface area (Å²) in [5.41, 5.74) is 3.10. The van der Waals surface area contributed by atoms with Crippen LogP contribution in [0.4, 0.5) is 0 Å². The van der Waals surface area contributed by atoms with Crippen LogP contribution in [-0.4, -0.2) is 164 Å². The third-order valence-electron chi connectivity index (χ3n) is 17.5. The lowest BCUT2D eigenvalue weighted by atomic mass is 9.64. The number of nitrogens with one attached hydrogen (secondary N) is 4. The summed E-state index contributed by atoms with van der Waals surface area (Å²) in [6.07, 6.45) is 8.14. The fraction of sp³-hybridized carbons (Fsp3) is 0.696. The van der Waals surface area contributed by atoms with Gasteiger partial charge in [-0.3, -0.25) is 24.2 Å². The van der Waals surface area contributed by atoms with E-state index in [0.29, 0.717) is 19.8 Å². The van der Waals surface area contributed by atoms with Crippen molar-refractivity contribution in [3.63, 3.8) is 0 Å². The molecular formula is C56H88N8O5. The summed E-state index contributed by atoms with van der Waals surface area (Å²) in [7, 11) is 3.60. The third kappa shape index (κ3) is 11.3. The zero-order valence-corrected chi connectivity index (χ0v) is 44.1. The van der Waals surface area contributed by atoms with Gasteiger partial charge in [0.2, 0.25) is 17.7 Å². The summed E-state index contributed by atoms with van der Waals surface area (Å²) < 4.78 is 14.0. The highest BCUT2D eigenvalue weighted by Gasteiger charge is 2.64. The topological polar surface area (TPSA) is 131 Å². The summed E-state index contributed by atoms with van der Waals surface area (Å²) in [5.74, 6) is 0.0688. The molecule has 3 amide bonds. The average molecular weight is 953 g/mol. The summed E-state index contributed by atoms with van der Waals surface area (Å²) in [4.78, 5) is 51.0. The molecule has 0 aromatic heterocycles. The number of carbonyl (C=O) groups is 3. The van der Waals surface area contributed by atoms with Gasteiger partial charge >= 0.3 is 0 Å². The van der Waals surface area contributed by atoms with Gasteiger partial charge < -0.3 is 40.5 Å². The lowest BCUT2D eigenvalue weighted by molar-refractivity contribution is -0.143. The van der Waals surface area contributed by atoms with E-state index < -0.39 is 17.6 Å². The molecule has 0 bridgehead atoms. The van der Waals surface area contributed by atoms with Crippen LogP contribution in [0.5, 0.6) is 0 Å². The maximum absolute atomic E-state index is 14.7. The van der Waals surface area contributed by atoms with Crippen molar-refractivity contribution in [1.29, 1.82) is 0 Å². The highest BCUT2D eigenvalue weighted by molar-refractivity contribution is 5.90. The minimum absolute atomic E-state index is 0.00121. The average Bonchev–Trinajstić information content (AvgIpc) is 3.57. The number of benzene rings is 2. The van der Waals surface area contributed by atoms with Crippen molar-refractivity contribution in [2.24, 2.45) is 22.7 Å². The van der Waals surface area contributed by atoms with E-state index in [4.69, 9.17) is 9.47 Å². The number of amides is 3. The number of carbonyl (C=O) groups excluding carboxylic acids is 3. The number of hydrogen-bond donors (Lipinski definition) is 4. The van der Waals surface area contributed by atoms with Gasteiger partial charge in [0.15, 0.2) is 0 Å². The largest absolute Gasteiger partial charge is 0.374 e. The first-order valence-corrected chi connectivity index (χ1v) is 26.4. The molecular weight excluding hydrogens is 865 g/mol. The van der Waals surface area contributed by atoms with E-state index >= 15 is 0 Å². The van der Waals surface area contributed by atoms with Crippen LogP contribution in [0.3, 0.4) is 0 Å². The molecule has 7 rings (SSSR count). The third-order valence-corrected chi connectivity index (χ3v) is 17.5. The Morgan fingerprint density at radius 2 is 1.17 bits per heavy atom. The zero-order valence-electron chi connectivity index (χ0n) is 44.1. The van der Waals surface area contributed by atoms with E-state index in [-0.39, 0.29) is 70.2 Å². The predicted molar refractivity (Wildman–Crippen MR) is 276 cm³/mol. The quantitative estimate of drug-likeness (QED) is 0.119.